The summed E-state index contributed by atoms with van der Waals surface area (Å²) in [7, 11) is 1.97. The molecule has 102 valence electrons. The van der Waals surface area contributed by atoms with E-state index in [0.717, 1.165) is 18.7 Å². The van der Waals surface area contributed by atoms with Gasteiger partial charge >= 0.3 is 0 Å². The number of rotatable bonds is 6. The van der Waals surface area contributed by atoms with Crippen molar-refractivity contribution in [1.29, 1.82) is 5.26 Å². The number of nitriles is 1. The highest BCUT2D eigenvalue weighted by Gasteiger charge is 2.07. The Hall–Kier alpha value is -2.15. The van der Waals surface area contributed by atoms with Gasteiger partial charge in [-0.25, -0.2) is 0 Å². The van der Waals surface area contributed by atoms with E-state index in [0.29, 0.717) is 5.56 Å². The quantitative estimate of drug-likeness (QED) is 0.844. The third kappa shape index (κ3) is 3.92. The molecule has 0 unspecified atom stereocenters. The molecule has 0 amide bonds. The first-order valence-corrected chi connectivity index (χ1v) is 6.75. The SMILES string of the molecule is CN[C@H](CNCc1cccc(C#N)c1)c1ccccc1. The molecule has 0 aliphatic rings. The molecule has 2 aromatic carbocycles. The zero-order valence-electron chi connectivity index (χ0n) is 11.6. The van der Waals surface area contributed by atoms with E-state index in [2.05, 4.69) is 41.0 Å². The number of benzene rings is 2. The van der Waals surface area contributed by atoms with E-state index in [1.807, 2.05) is 37.4 Å². The first kappa shape index (κ1) is 14.3. The molecule has 0 aromatic heterocycles. The summed E-state index contributed by atoms with van der Waals surface area (Å²) in [5.74, 6) is 0. The van der Waals surface area contributed by atoms with Crippen LogP contribution in [0.4, 0.5) is 0 Å². The minimum absolute atomic E-state index is 0.287. The Bertz CT molecular complexity index is 572. The molecule has 0 heterocycles. The maximum Gasteiger partial charge on any atom is 0.0991 e. The van der Waals surface area contributed by atoms with Crippen LogP contribution in [0.5, 0.6) is 0 Å². The molecule has 20 heavy (non-hydrogen) atoms. The van der Waals surface area contributed by atoms with Gasteiger partial charge in [0.05, 0.1) is 11.6 Å². The Morgan fingerprint density at radius 2 is 1.90 bits per heavy atom. The average Bonchev–Trinajstić information content (AvgIpc) is 2.52. The normalized spacial score (nSPS) is 11.8. The van der Waals surface area contributed by atoms with Crippen molar-refractivity contribution < 1.29 is 0 Å². The predicted molar refractivity (Wildman–Crippen MR) is 81.1 cm³/mol. The molecule has 0 radical (unpaired) electrons. The molecule has 0 aliphatic heterocycles. The Labute approximate surface area is 120 Å². The van der Waals surface area contributed by atoms with Gasteiger partial charge in [0.1, 0.15) is 0 Å². The van der Waals surface area contributed by atoms with Crippen molar-refractivity contribution in [1.82, 2.24) is 10.6 Å². The van der Waals surface area contributed by atoms with E-state index in [4.69, 9.17) is 5.26 Å². The first-order valence-electron chi connectivity index (χ1n) is 6.75. The van der Waals surface area contributed by atoms with Crippen molar-refractivity contribution in [2.75, 3.05) is 13.6 Å². The van der Waals surface area contributed by atoms with Gasteiger partial charge in [0.25, 0.3) is 0 Å². The predicted octanol–water partition coefficient (Wildman–Crippen LogP) is 2.61. The molecule has 2 N–H and O–H groups in total. The van der Waals surface area contributed by atoms with Gasteiger partial charge in [-0.15, -0.1) is 0 Å². The summed E-state index contributed by atoms with van der Waals surface area (Å²) in [5, 5.41) is 15.6. The fourth-order valence-corrected chi connectivity index (χ4v) is 2.18. The zero-order valence-corrected chi connectivity index (χ0v) is 11.6. The number of nitrogens with zero attached hydrogens (tertiary/aromatic N) is 1. The van der Waals surface area contributed by atoms with Crippen LogP contribution < -0.4 is 10.6 Å². The zero-order chi connectivity index (χ0) is 14.2. The van der Waals surface area contributed by atoms with Crippen LogP contribution in [0.3, 0.4) is 0 Å². The maximum absolute atomic E-state index is 8.88. The second-order valence-electron chi connectivity index (χ2n) is 4.70. The van der Waals surface area contributed by atoms with Crippen LogP contribution in [0.25, 0.3) is 0 Å². The summed E-state index contributed by atoms with van der Waals surface area (Å²) in [6.07, 6.45) is 0. The Balaban J connectivity index is 1.90. The van der Waals surface area contributed by atoms with Crippen LogP contribution in [0.2, 0.25) is 0 Å². The van der Waals surface area contributed by atoms with Gasteiger partial charge in [0.15, 0.2) is 0 Å². The van der Waals surface area contributed by atoms with Crippen LogP contribution in [0.1, 0.15) is 22.7 Å². The van der Waals surface area contributed by atoms with Crippen molar-refractivity contribution in [2.45, 2.75) is 12.6 Å². The molecule has 0 fully saturated rings. The van der Waals surface area contributed by atoms with Crippen LogP contribution in [-0.2, 0) is 6.54 Å². The number of hydrogen-bond donors (Lipinski definition) is 2. The Kier molecular flexibility index (Phi) is 5.31. The molecule has 0 spiro atoms. The highest BCUT2D eigenvalue weighted by molar-refractivity contribution is 5.32. The minimum atomic E-state index is 0.287. The summed E-state index contributed by atoms with van der Waals surface area (Å²) < 4.78 is 0. The van der Waals surface area contributed by atoms with Crippen molar-refractivity contribution in [3.05, 3.63) is 71.3 Å². The fraction of sp³-hybridized carbons (Fsp3) is 0.235. The third-order valence-electron chi connectivity index (χ3n) is 3.28. The summed E-state index contributed by atoms with van der Waals surface area (Å²) in [6.45, 7) is 1.61. The highest BCUT2D eigenvalue weighted by atomic mass is 15.0. The molecule has 0 saturated heterocycles. The van der Waals surface area contributed by atoms with Gasteiger partial charge in [-0.3, -0.25) is 0 Å². The Morgan fingerprint density at radius 1 is 1.10 bits per heavy atom. The number of hydrogen-bond acceptors (Lipinski definition) is 3. The molecule has 0 bridgehead atoms. The van der Waals surface area contributed by atoms with E-state index >= 15 is 0 Å². The van der Waals surface area contributed by atoms with Gasteiger partial charge < -0.3 is 10.6 Å². The summed E-state index contributed by atoms with van der Waals surface area (Å²) in [6, 6.07) is 20.5. The van der Waals surface area contributed by atoms with E-state index in [1.54, 1.807) is 0 Å². The minimum Gasteiger partial charge on any atom is -0.312 e. The highest BCUT2D eigenvalue weighted by Crippen LogP contribution is 2.11. The van der Waals surface area contributed by atoms with Crippen LogP contribution in [0, 0.1) is 11.3 Å². The van der Waals surface area contributed by atoms with Crippen molar-refractivity contribution >= 4 is 0 Å². The summed E-state index contributed by atoms with van der Waals surface area (Å²) in [4.78, 5) is 0. The lowest BCUT2D eigenvalue weighted by Crippen LogP contribution is -2.29. The maximum atomic E-state index is 8.88. The number of likely N-dealkylation sites (N-methyl/N-ethyl adjacent to an activating group) is 1. The molecule has 0 saturated carbocycles. The molecule has 1 atom stereocenters. The lowest BCUT2D eigenvalue weighted by molar-refractivity contribution is 0.528. The van der Waals surface area contributed by atoms with Crippen LogP contribution in [-0.4, -0.2) is 13.6 Å². The summed E-state index contributed by atoms with van der Waals surface area (Å²) in [5.41, 5.74) is 3.11. The lowest BCUT2D eigenvalue weighted by Gasteiger charge is -2.17. The van der Waals surface area contributed by atoms with Crippen molar-refractivity contribution in [3.63, 3.8) is 0 Å². The van der Waals surface area contributed by atoms with E-state index in [1.165, 1.54) is 5.56 Å². The standard InChI is InChI=1S/C17H19N3/c1-19-17(16-8-3-2-4-9-16)13-20-12-15-7-5-6-14(10-15)11-18/h2-10,17,19-20H,12-13H2,1H3/t17-/m1/s1. The number of nitrogens with one attached hydrogen (secondary N) is 2. The second-order valence-corrected chi connectivity index (χ2v) is 4.70. The lowest BCUT2D eigenvalue weighted by atomic mass is 10.1. The average molecular weight is 265 g/mol. The second kappa shape index (κ2) is 7.44. The summed E-state index contributed by atoms with van der Waals surface area (Å²) >= 11 is 0. The molecule has 3 nitrogen and oxygen atoms in total. The molecule has 2 aromatic rings. The largest absolute Gasteiger partial charge is 0.312 e. The molecular weight excluding hydrogens is 246 g/mol. The first-order chi connectivity index (χ1) is 9.83. The van der Waals surface area contributed by atoms with E-state index in [9.17, 15) is 0 Å². The Morgan fingerprint density at radius 3 is 2.60 bits per heavy atom. The van der Waals surface area contributed by atoms with Gasteiger partial charge in [-0.05, 0) is 30.3 Å². The van der Waals surface area contributed by atoms with Crippen molar-refractivity contribution in [3.8, 4) is 6.07 Å². The van der Waals surface area contributed by atoms with Gasteiger partial charge in [-0.1, -0.05) is 42.5 Å². The molecule has 2 rings (SSSR count). The molecular formula is C17H19N3. The monoisotopic (exact) mass is 265 g/mol. The van der Waals surface area contributed by atoms with E-state index in [-0.39, 0.29) is 6.04 Å². The topological polar surface area (TPSA) is 47.8 Å². The van der Waals surface area contributed by atoms with Gasteiger partial charge in [0, 0.05) is 19.1 Å². The van der Waals surface area contributed by atoms with Crippen LogP contribution >= 0.6 is 0 Å². The van der Waals surface area contributed by atoms with Crippen LogP contribution in [0.15, 0.2) is 54.6 Å². The smallest absolute Gasteiger partial charge is 0.0991 e. The van der Waals surface area contributed by atoms with E-state index < -0.39 is 0 Å². The fourth-order valence-electron chi connectivity index (χ4n) is 2.18. The van der Waals surface area contributed by atoms with Crippen molar-refractivity contribution in [2.24, 2.45) is 0 Å². The third-order valence-corrected chi connectivity index (χ3v) is 3.28. The van der Waals surface area contributed by atoms with Gasteiger partial charge in [0.2, 0.25) is 0 Å². The van der Waals surface area contributed by atoms with Gasteiger partial charge in [-0.2, -0.15) is 5.26 Å². The molecule has 3 heteroatoms. The molecule has 0 aliphatic carbocycles.